The highest BCUT2D eigenvalue weighted by atomic mass is 32.2. The first-order chi connectivity index (χ1) is 31.7. The zero-order valence-corrected chi connectivity index (χ0v) is 37.7. The number of hydrogen-bond acceptors (Lipinski definition) is 3. The Morgan fingerprint density at radius 1 is 0.406 bits per heavy atom. The van der Waals surface area contributed by atoms with Crippen molar-refractivity contribution in [2.75, 3.05) is 0 Å². The van der Waals surface area contributed by atoms with Crippen LogP contribution in [-0.4, -0.2) is 30.7 Å². The van der Waals surface area contributed by atoms with Crippen molar-refractivity contribution in [2.24, 2.45) is 0 Å². The van der Waals surface area contributed by atoms with Crippen molar-refractivity contribution in [1.82, 2.24) is 14.5 Å². The van der Waals surface area contributed by atoms with E-state index in [1.165, 1.54) is 56.7 Å². The Morgan fingerprint density at radius 3 is 1.69 bits per heavy atom. The third-order valence-corrected chi connectivity index (χ3v) is 24.3. The van der Waals surface area contributed by atoms with Gasteiger partial charge in [-0.25, -0.2) is 4.98 Å². The molecule has 64 heavy (non-hydrogen) atoms. The van der Waals surface area contributed by atoms with E-state index < -0.39 is 16.1 Å². The van der Waals surface area contributed by atoms with E-state index >= 15 is 0 Å². The summed E-state index contributed by atoms with van der Waals surface area (Å²) in [6, 6.07) is 88.0. The molecule has 3 aromatic heterocycles. The molecule has 0 fully saturated rings. The molecule has 8 aromatic carbocycles. The van der Waals surface area contributed by atoms with Crippen LogP contribution in [0, 0.1) is 0 Å². The van der Waals surface area contributed by atoms with Gasteiger partial charge in [-0.15, -0.1) is 0 Å². The standard InChI is InChI=1S/C58H41N3SSi2/c1-5-22-44(23-6-1)63(45-24-7-2-8-25-45,48-30-17-20-42(38-48)52-33-15-16-36-59-52)49-31-18-21-43(39-49)61-53-41-55-57(40-51(53)50-32-19-37-60-58(50)61)64(46-26-9-3-10-27-46,47-28-11-4-12-29-47)56-35-14-13-34-54(56)62-55/h1-41H. The fourth-order valence-corrected chi connectivity index (χ4v) is 22.3. The van der Waals surface area contributed by atoms with E-state index in [-0.39, 0.29) is 0 Å². The van der Waals surface area contributed by atoms with E-state index in [0.717, 1.165) is 33.5 Å². The molecule has 1 aliphatic heterocycles. The Morgan fingerprint density at radius 2 is 1.00 bits per heavy atom. The Kier molecular flexibility index (Phi) is 9.44. The van der Waals surface area contributed by atoms with Gasteiger partial charge in [0.15, 0.2) is 16.1 Å². The second-order valence-corrected chi connectivity index (χ2v) is 25.1. The summed E-state index contributed by atoms with van der Waals surface area (Å²) in [7, 11) is -5.74. The predicted molar refractivity (Wildman–Crippen MR) is 273 cm³/mol. The summed E-state index contributed by atoms with van der Waals surface area (Å²) < 4.78 is 2.42. The summed E-state index contributed by atoms with van der Waals surface area (Å²) in [5, 5.41) is 13.3. The maximum atomic E-state index is 5.20. The minimum absolute atomic E-state index is 0.954. The van der Waals surface area contributed by atoms with E-state index in [4.69, 9.17) is 9.97 Å². The van der Waals surface area contributed by atoms with Gasteiger partial charge < -0.3 is 0 Å². The maximum absolute atomic E-state index is 5.20. The van der Waals surface area contributed by atoms with Crippen molar-refractivity contribution >= 4 is 91.3 Å². The summed E-state index contributed by atoms with van der Waals surface area (Å²) in [5.74, 6) is 0. The van der Waals surface area contributed by atoms with Crippen LogP contribution in [0.25, 0.3) is 38.9 Å². The zero-order valence-electron chi connectivity index (χ0n) is 34.9. The first-order valence-electron chi connectivity index (χ1n) is 21.8. The average Bonchev–Trinajstić information content (AvgIpc) is 3.70. The minimum atomic E-state index is -2.96. The molecule has 0 saturated carbocycles. The van der Waals surface area contributed by atoms with Gasteiger partial charge in [-0.05, 0) is 90.0 Å². The molecule has 1 aliphatic rings. The van der Waals surface area contributed by atoms with Crippen LogP contribution in [0.15, 0.2) is 259 Å². The van der Waals surface area contributed by atoms with Crippen LogP contribution in [0.2, 0.25) is 0 Å². The molecule has 0 radical (unpaired) electrons. The predicted octanol–water partition coefficient (Wildman–Crippen LogP) is 8.46. The molecule has 0 spiro atoms. The van der Waals surface area contributed by atoms with Crippen LogP contribution in [0.5, 0.6) is 0 Å². The summed E-state index contributed by atoms with van der Waals surface area (Å²) in [5.41, 5.74) is 5.28. The van der Waals surface area contributed by atoms with Crippen molar-refractivity contribution in [1.29, 1.82) is 0 Å². The van der Waals surface area contributed by atoms with Crippen molar-refractivity contribution in [2.45, 2.75) is 9.79 Å². The Balaban J connectivity index is 1.14. The number of fused-ring (bicyclic) bond motifs is 5. The monoisotopic (exact) mass is 867 g/mol. The lowest BCUT2D eigenvalue weighted by molar-refractivity contribution is 1.13. The van der Waals surface area contributed by atoms with Crippen LogP contribution in [0.1, 0.15) is 0 Å². The topological polar surface area (TPSA) is 30.7 Å². The van der Waals surface area contributed by atoms with Gasteiger partial charge >= 0.3 is 0 Å². The molecule has 0 aliphatic carbocycles. The molecule has 0 saturated heterocycles. The molecular weight excluding hydrogens is 827 g/mol. The SMILES string of the molecule is c1ccc([Si](c2ccccc2)(c2cccc(-c3ccccn3)c2)c2cccc(-n3c4cc5c(cc4c4cccnc43)[Si](c3ccccc3)(c3ccccc3)c3ccccc3S5)c2)cc1. The van der Waals surface area contributed by atoms with E-state index in [1.54, 1.807) is 0 Å². The number of hydrogen-bond donors (Lipinski definition) is 0. The molecule has 4 heterocycles. The summed E-state index contributed by atoms with van der Waals surface area (Å²) >= 11 is 1.90. The van der Waals surface area contributed by atoms with Gasteiger partial charge in [0.2, 0.25) is 0 Å². The highest BCUT2D eigenvalue weighted by Crippen LogP contribution is 2.39. The lowest BCUT2D eigenvalue weighted by Gasteiger charge is -2.40. The Labute approximate surface area is 379 Å². The van der Waals surface area contributed by atoms with Crippen LogP contribution in [-0.2, 0) is 0 Å². The zero-order chi connectivity index (χ0) is 42.5. The van der Waals surface area contributed by atoms with E-state index in [2.05, 4.69) is 235 Å². The highest BCUT2D eigenvalue weighted by molar-refractivity contribution is 8.00. The Hall–Kier alpha value is -7.36. The second-order valence-electron chi connectivity index (χ2n) is 16.5. The van der Waals surface area contributed by atoms with Crippen molar-refractivity contribution in [3.05, 3.63) is 249 Å². The smallest absolute Gasteiger partial charge is 0.181 e. The van der Waals surface area contributed by atoms with Crippen LogP contribution in [0.4, 0.5) is 0 Å². The minimum Gasteiger partial charge on any atom is -0.294 e. The van der Waals surface area contributed by atoms with Gasteiger partial charge in [0, 0.05) is 44.2 Å². The third kappa shape index (κ3) is 5.94. The van der Waals surface area contributed by atoms with Crippen LogP contribution < -0.4 is 41.5 Å². The van der Waals surface area contributed by atoms with Gasteiger partial charge in [0.1, 0.15) is 5.65 Å². The van der Waals surface area contributed by atoms with E-state index in [1.807, 2.05) is 30.2 Å². The average molecular weight is 868 g/mol. The summed E-state index contributed by atoms with van der Waals surface area (Å²) in [6.07, 6.45) is 3.82. The molecule has 0 atom stereocenters. The lowest BCUT2D eigenvalue weighted by Crippen LogP contribution is -2.76. The first-order valence-corrected chi connectivity index (χ1v) is 26.6. The largest absolute Gasteiger partial charge is 0.294 e. The fourth-order valence-electron chi connectivity index (χ4n) is 10.5. The molecule has 0 bridgehead atoms. The number of benzene rings is 8. The van der Waals surface area contributed by atoms with Gasteiger partial charge in [0.25, 0.3) is 0 Å². The summed E-state index contributed by atoms with van der Waals surface area (Å²) in [6.45, 7) is 0. The van der Waals surface area contributed by atoms with Gasteiger partial charge in [-0.1, -0.05) is 200 Å². The molecule has 0 amide bonds. The number of rotatable bonds is 8. The molecule has 3 nitrogen and oxygen atoms in total. The normalized spacial score (nSPS) is 13.1. The van der Waals surface area contributed by atoms with Crippen LogP contribution in [0.3, 0.4) is 0 Å². The molecule has 0 N–H and O–H groups in total. The molecule has 6 heteroatoms. The molecule has 12 rings (SSSR count). The van der Waals surface area contributed by atoms with Gasteiger partial charge in [-0.2, -0.15) is 0 Å². The van der Waals surface area contributed by atoms with Crippen molar-refractivity contribution in [3.8, 4) is 16.9 Å². The lowest BCUT2D eigenvalue weighted by atomic mass is 10.1. The maximum Gasteiger partial charge on any atom is 0.181 e. The van der Waals surface area contributed by atoms with Crippen LogP contribution >= 0.6 is 11.8 Å². The van der Waals surface area contributed by atoms with Gasteiger partial charge in [0.05, 0.1) is 11.2 Å². The molecule has 302 valence electrons. The molecule has 11 aromatic rings. The molecule has 0 unspecified atom stereocenters. The van der Waals surface area contributed by atoms with E-state index in [9.17, 15) is 0 Å². The van der Waals surface area contributed by atoms with Crippen molar-refractivity contribution < 1.29 is 0 Å². The van der Waals surface area contributed by atoms with Crippen molar-refractivity contribution in [3.63, 3.8) is 0 Å². The summed E-state index contributed by atoms with van der Waals surface area (Å²) in [4.78, 5) is 12.6. The number of pyridine rings is 2. The Bertz CT molecular complexity index is 3390. The quantitative estimate of drug-likeness (QED) is 0.114. The van der Waals surface area contributed by atoms with Gasteiger partial charge in [-0.3, -0.25) is 9.55 Å². The fraction of sp³-hybridized carbons (Fsp3) is 0. The first kappa shape index (κ1) is 38.3. The highest BCUT2D eigenvalue weighted by Gasteiger charge is 2.47. The van der Waals surface area contributed by atoms with E-state index in [0.29, 0.717) is 0 Å². The number of aromatic nitrogens is 3. The second kappa shape index (κ2) is 15.8. The number of nitrogens with zero attached hydrogens (tertiary/aromatic N) is 3. The molecular formula is C58H41N3SSi2. The third-order valence-electron chi connectivity index (χ3n) is 13.2.